The smallest absolute Gasteiger partial charge is 0.260 e. The van der Waals surface area contributed by atoms with Crippen LogP contribution in [0.2, 0.25) is 0 Å². The number of amides is 1. The summed E-state index contributed by atoms with van der Waals surface area (Å²) < 4.78 is 5.89. The lowest BCUT2D eigenvalue weighted by Crippen LogP contribution is -2.30. The molecule has 0 spiro atoms. The first-order chi connectivity index (χ1) is 14.5. The number of furan rings is 1. The van der Waals surface area contributed by atoms with E-state index in [1.807, 2.05) is 36.4 Å². The Bertz CT molecular complexity index is 1120. The monoisotopic (exact) mass is 418 g/mol. The Morgan fingerprint density at radius 3 is 2.70 bits per heavy atom. The van der Waals surface area contributed by atoms with Crippen LogP contribution in [0.25, 0.3) is 17.4 Å². The van der Waals surface area contributed by atoms with Gasteiger partial charge < -0.3 is 15.1 Å². The molecule has 1 aromatic heterocycles. The fourth-order valence-corrected chi connectivity index (χ4v) is 4.12. The minimum Gasteiger partial charge on any atom is -0.457 e. The second-order valence-corrected chi connectivity index (χ2v) is 8.16. The number of nitrogens with one attached hydrogen (secondary N) is 2. The Morgan fingerprint density at radius 2 is 1.97 bits per heavy atom. The van der Waals surface area contributed by atoms with Crippen molar-refractivity contribution in [2.45, 2.75) is 25.8 Å². The maximum atomic E-state index is 12.4. The zero-order valence-electron chi connectivity index (χ0n) is 16.8. The predicted molar refractivity (Wildman–Crippen MR) is 121 cm³/mol. The Morgan fingerprint density at radius 1 is 1.17 bits per heavy atom. The average molecular weight is 419 g/mol. The van der Waals surface area contributed by atoms with Gasteiger partial charge >= 0.3 is 0 Å². The third-order valence-electron chi connectivity index (χ3n) is 4.84. The molecule has 0 aliphatic carbocycles. The summed E-state index contributed by atoms with van der Waals surface area (Å²) in [6.07, 6.45) is 2.73. The summed E-state index contributed by atoms with van der Waals surface area (Å²) in [5.41, 5.74) is 3.45. The van der Waals surface area contributed by atoms with Crippen LogP contribution in [0.1, 0.15) is 35.5 Å². The number of carbonyl (C=O) groups excluding carboxylic acids is 2. The number of benzene rings is 2. The van der Waals surface area contributed by atoms with E-state index in [2.05, 4.69) is 29.7 Å². The molecule has 1 aliphatic rings. The number of ketones is 1. The fourth-order valence-electron chi connectivity index (χ4n) is 3.16. The second-order valence-electron chi connectivity index (χ2n) is 7.01. The first-order valence-corrected chi connectivity index (χ1v) is 10.7. The van der Waals surface area contributed by atoms with Gasteiger partial charge in [0.1, 0.15) is 11.5 Å². The van der Waals surface area contributed by atoms with E-state index in [9.17, 15) is 9.59 Å². The van der Waals surface area contributed by atoms with Crippen LogP contribution in [0.5, 0.6) is 0 Å². The lowest BCUT2D eigenvalue weighted by molar-refractivity contribution is -0.116. The van der Waals surface area contributed by atoms with Crippen molar-refractivity contribution in [1.82, 2.24) is 5.32 Å². The summed E-state index contributed by atoms with van der Waals surface area (Å²) in [6.45, 7) is 3.66. The van der Waals surface area contributed by atoms with Crippen molar-refractivity contribution < 1.29 is 14.0 Å². The van der Waals surface area contributed by atoms with Crippen molar-refractivity contribution in [2.75, 3.05) is 5.32 Å². The maximum Gasteiger partial charge on any atom is 0.260 e. The van der Waals surface area contributed by atoms with Crippen molar-refractivity contribution in [1.29, 1.82) is 0 Å². The standard InChI is InChI=1S/C24H22N2O3S/c1-3-16-7-9-19(10-8-16)25-24-26-23(28)22(30-24)14-20-11-12-21(29-20)18-6-4-5-17(13-18)15(2)27/h4-14,24-25H,3H2,1-2H3,(H,26,28)/b22-14-/t24-/m0/s1. The van der Waals surface area contributed by atoms with E-state index >= 15 is 0 Å². The first-order valence-electron chi connectivity index (χ1n) is 9.78. The Kier molecular flexibility index (Phi) is 5.77. The molecule has 0 bridgehead atoms. The highest BCUT2D eigenvalue weighted by molar-refractivity contribution is 8.05. The Balaban J connectivity index is 1.46. The molecule has 1 fully saturated rings. The SMILES string of the molecule is CCc1ccc(N[C@H]2NC(=O)/C(=C/c3ccc(-c4cccc(C(C)=O)c4)o3)S2)cc1. The number of rotatable bonds is 6. The molecule has 1 atom stereocenters. The molecule has 2 aromatic carbocycles. The highest BCUT2D eigenvalue weighted by Crippen LogP contribution is 2.32. The number of Topliss-reactive ketones (excluding diaryl/α,β-unsaturated/α-hetero) is 1. The van der Waals surface area contributed by atoms with Gasteiger partial charge in [-0.15, -0.1) is 0 Å². The molecule has 1 amide bonds. The summed E-state index contributed by atoms with van der Waals surface area (Å²) in [6, 6.07) is 19.1. The van der Waals surface area contributed by atoms with Crippen LogP contribution in [0.3, 0.4) is 0 Å². The zero-order chi connectivity index (χ0) is 21.1. The van der Waals surface area contributed by atoms with E-state index in [4.69, 9.17) is 4.42 Å². The molecule has 2 N–H and O–H groups in total. The van der Waals surface area contributed by atoms with Crippen molar-refractivity contribution >= 4 is 35.2 Å². The highest BCUT2D eigenvalue weighted by atomic mass is 32.2. The number of thioether (sulfide) groups is 1. The summed E-state index contributed by atoms with van der Waals surface area (Å²) in [5, 5.41) is 6.24. The van der Waals surface area contributed by atoms with Crippen LogP contribution >= 0.6 is 11.8 Å². The van der Waals surface area contributed by atoms with E-state index in [1.165, 1.54) is 24.2 Å². The van der Waals surface area contributed by atoms with E-state index in [-0.39, 0.29) is 17.2 Å². The van der Waals surface area contributed by atoms with Crippen molar-refractivity contribution in [3.8, 4) is 11.3 Å². The molecule has 0 unspecified atom stereocenters. The summed E-state index contributed by atoms with van der Waals surface area (Å²) in [7, 11) is 0. The van der Waals surface area contributed by atoms with Gasteiger partial charge in [0.05, 0.1) is 4.91 Å². The summed E-state index contributed by atoms with van der Waals surface area (Å²) in [4.78, 5) is 24.5. The number of hydrogen-bond acceptors (Lipinski definition) is 5. The van der Waals surface area contributed by atoms with Crippen molar-refractivity contribution in [3.05, 3.63) is 82.5 Å². The minimum atomic E-state index is -0.238. The van der Waals surface area contributed by atoms with Crippen molar-refractivity contribution in [3.63, 3.8) is 0 Å². The topological polar surface area (TPSA) is 71.3 Å². The van der Waals surface area contributed by atoms with Gasteiger partial charge in [0, 0.05) is 22.9 Å². The van der Waals surface area contributed by atoms with Gasteiger partial charge in [0.15, 0.2) is 11.3 Å². The van der Waals surface area contributed by atoms with E-state index in [0.717, 1.165) is 17.7 Å². The first kappa shape index (κ1) is 20.0. The third kappa shape index (κ3) is 4.49. The molecule has 2 heterocycles. The van der Waals surface area contributed by atoms with E-state index in [0.29, 0.717) is 22.0 Å². The molecule has 3 aromatic rings. The molecular weight excluding hydrogens is 396 g/mol. The average Bonchev–Trinajstić information content (AvgIpc) is 3.35. The van der Waals surface area contributed by atoms with Crippen molar-refractivity contribution in [2.24, 2.45) is 0 Å². The number of carbonyl (C=O) groups is 2. The third-order valence-corrected chi connectivity index (χ3v) is 5.87. The molecule has 4 rings (SSSR count). The largest absolute Gasteiger partial charge is 0.457 e. The number of hydrogen-bond donors (Lipinski definition) is 2. The highest BCUT2D eigenvalue weighted by Gasteiger charge is 2.27. The minimum absolute atomic E-state index is 0.00708. The molecule has 0 radical (unpaired) electrons. The Labute approximate surface area is 179 Å². The molecule has 152 valence electrons. The van der Waals surface area contributed by atoms with Gasteiger partial charge in [-0.3, -0.25) is 9.59 Å². The lowest BCUT2D eigenvalue weighted by Gasteiger charge is -2.12. The van der Waals surface area contributed by atoms with Gasteiger partial charge in [-0.05, 0) is 49.2 Å². The van der Waals surface area contributed by atoms with Gasteiger partial charge in [-0.1, -0.05) is 49.0 Å². The lowest BCUT2D eigenvalue weighted by atomic mass is 10.1. The normalized spacial score (nSPS) is 17.2. The maximum absolute atomic E-state index is 12.4. The van der Waals surface area contributed by atoms with Crippen LogP contribution in [-0.2, 0) is 11.2 Å². The number of anilines is 1. The van der Waals surface area contributed by atoms with E-state index < -0.39 is 0 Å². The quantitative estimate of drug-likeness (QED) is 0.419. The molecule has 5 nitrogen and oxygen atoms in total. The molecule has 30 heavy (non-hydrogen) atoms. The van der Waals surface area contributed by atoms with Gasteiger partial charge in [-0.25, -0.2) is 0 Å². The van der Waals surface area contributed by atoms with E-state index in [1.54, 1.807) is 18.2 Å². The molecular formula is C24H22N2O3S. The zero-order valence-corrected chi connectivity index (χ0v) is 17.6. The Hall–Kier alpha value is -3.25. The predicted octanol–water partition coefficient (Wildman–Crippen LogP) is 5.31. The second kappa shape index (κ2) is 8.63. The van der Waals surface area contributed by atoms with Crippen LogP contribution < -0.4 is 10.6 Å². The van der Waals surface area contributed by atoms with Gasteiger partial charge in [0.25, 0.3) is 5.91 Å². The van der Waals surface area contributed by atoms with Gasteiger partial charge in [0.2, 0.25) is 0 Å². The molecule has 1 saturated heterocycles. The van der Waals surface area contributed by atoms with Crippen LogP contribution in [0, 0.1) is 0 Å². The van der Waals surface area contributed by atoms with Crippen LogP contribution in [-0.4, -0.2) is 17.2 Å². The summed E-state index contributed by atoms with van der Waals surface area (Å²) >= 11 is 1.41. The molecule has 6 heteroatoms. The van der Waals surface area contributed by atoms with Crippen LogP contribution in [0.15, 0.2) is 70.0 Å². The molecule has 1 aliphatic heterocycles. The summed E-state index contributed by atoms with van der Waals surface area (Å²) in [5.74, 6) is 1.11. The molecule has 0 saturated carbocycles. The van der Waals surface area contributed by atoms with Gasteiger partial charge in [-0.2, -0.15) is 0 Å². The number of aryl methyl sites for hydroxylation is 1. The fraction of sp³-hybridized carbons (Fsp3) is 0.167. The van der Waals surface area contributed by atoms with Crippen LogP contribution in [0.4, 0.5) is 5.69 Å².